The Hall–Kier alpha value is -2.20. The molecule has 0 saturated carbocycles. The van der Waals surface area contributed by atoms with E-state index in [4.69, 9.17) is 16.3 Å². The summed E-state index contributed by atoms with van der Waals surface area (Å²) < 4.78 is 5.64. The fourth-order valence-corrected chi connectivity index (χ4v) is 2.39. The summed E-state index contributed by atoms with van der Waals surface area (Å²) in [6.45, 7) is 6.47. The predicted octanol–water partition coefficient (Wildman–Crippen LogP) is 4.93. The number of amides is 2. The lowest BCUT2D eigenvalue weighted by Crippen LogP contribution is -2.31. The number of hydrogen-bond acceptors (Lipinski definition) is 2. The molecule has 0 aromatic heterocycles. The summed E-state index contributed by atoms with van der Waals surface area (Å²) in [6.07, 6.45) is 0. The zero-order valence-electron chi connectivity index (χ0n) is 13.5. The molecule has 2 rings (SSSR count). The minimum absolute atomic E-state index is 0.177. The molecule has 0 heterocycles. The number of ether oxygens (including phenoxy) is 1. The summed E-state index contributed by atoms with van der Waals surface area (Å²) in [5.41, 5.74) is 2.77. The van der Waals surface area contributed by atoms with Crippen LogP contribution in [0.2, 0.25) is 5.02 Å². The largest absolute Gasteiger partial charge is 0.494 e. The monoisotopic (exact) mass is 332 g/mol. The second-order valence-corrected chi connectivity index (χ2v) is 5.74. The molecule has 0 saturated heterocycles. The quantitative estimate of drug-likeness (QED) is 0.815. The SMILES string of the molecule is CCOc1ccc(C)cc1C(C)NC(=O)Nc1ccc(Cl)cc1. The highest BCUT2D eigenvalue weighted by Crippen LogP contribution is 2.26. The van der Waals surface area contributed by atoms with E-state index in [1.807, 2.05) is 39.0 Å². The maximum absolute atomic E-state index is 12.1. The van der Waals surface area contributed by atoms with Gasteiger partial charge >= 0.3 is 6.03 Å². The van der Waals surface area contributed by atoms with Gasteiger partial charge in [0.1, 0.15) is 5.75 Å². The Bertz CT molecular complexity index is 671. The van der Waals surface area contributed by atoms with E-state index in [2.05, 4.69) is 10.6 Å². The van der Waals surface area contributed by atoms with Gasteiger partial charge < -0.3 is 15.4 Å². The van der Waals surface area contributed by atoms with Gasteiger partial charge in [-0.25, -0.2) is 4.79 Å². The van der Waals surface area contributed by atoms with Crippen LogP contribution in [0.1, 0.15) is 31.0 Å². The van der Waals surface area contributed by atoms with E-state index in [9.17, 15) is 4.79 Å². The molecular weight excluding hydrogens is 312 g/mol. The summed E-state index contributed by atoms with van der Waals surface area (Å²) in [7, 11) is 0. The molecule has 4 nitrogen and oxygen atoms in total. The molecule has 1 atom stereocenters. The van der Waals surface area contributed by atoms with E-state index in [1.165, 1.54) is 0 Å². The van der Waals surface area contributed by atoms with Gasteiger partial charge in [0.15, 0.2) is 0 Å². The van der Waals surface area contributed by atoms with E-state index < -0.39 is 0 Å². The number of hydrogen-bond donors (Lipinski definition) is 2. The molecule has 0 aliphatic heterocycles. The van der Waals surface area contributed by atoms with Crippen molar-refractivity contribution in [1.82, 2.24) is 5.32 Å². The average Bonchev–Trinajstić information content (AvgIpc) is 2.51. The van der Waals surface area contributed by atoms with Crippen LogP contribution in [-0.4, -0.2) is 12.6 Å². The maximum atomic E-state index is 12.1. The molecule has 0 bridgehead atoms. The van der Waals surface area contributed by atoms with Crippen LogP contribution in [0.3, 0.4) is 0 Å². The van der Waals surface area contributed by atoms with Crippen molar-refractivity contribution in [3.8, 4) is 5.75 Å². The van der Waals surface area contributed by atoms with Gasteiger partial charge in [0.05, 0.1) is 12.6 Å². The van der Waals surface area contributed by atoms with Crippen LogP contribution >= 0.6 is 11.6 Å². The standard InChI is InChI=1S/C18H21ClN2O2/c1-4-23-17-10-5-12(2)11-16(17)13(3)20-18(22)21-15-8-6-14(19)7-9-15/h5-11,13H,4H2,1-3H3,(H2,20,21,22). The van der Waals surface area contributed by atoms with Crippen molar-refractivity contribution in [3.63, 3.8) is 0 Å². The minimum atomic E-state index is -0.274. The Morgan fingerprint density at radius 1 is 1.22 bits per heavy atom. The second kappa shape index (κ2) is 7.88. The minimum Gasteiger partial charge on any atom is -0.494 e. The second-order valence-electron chi connectivity index (χ2n) is 5.30. The van der Waals surface area contributed by atoms with Crippen molar-refractivity contribution in [2.24, 2.45) is 0 Å². The normalized spacial score (nSPS) is 11.7. The van der Waals surface area contributed by atoms with Crippen LogP contribution in [0.25, 0.3) is 0 Å². The molecule has 0 spiro atoms. The number of benzene rings is 2. The average molecular weight is 333 g/mol. The number of aryl methyl sites for hydroxylation is 1. The predicted molar refractivity (Wildman–Crippen MR) is 94.4 cm³/mol. The first-order chi connectivity index (χ1) is 11.0. The summed E-state index contributed by atoms with van der Waals surface area (Å²) in [5, 5.41) is 6.34. The number of anilines is 1. The van der Waals surface area contributed by atoms with Crippen molar-refractivity contribution in [2.45, 2.75) is 26.8 Å². The van der Waals surface area contributed by atoms with Gasteiger partial charge in [0.25, 0.3) is 0 Å². The maximum Gasteiger partial charge on any atom is 0.319 e. The Morgan fingerprint density at radius 2 is 1.91 bits per heavy atom. The van der Waals surface area contributed by atoms with Crippen LogP contribution in [0.15, 0.2) is 42.5 Å². The molecule has 122 valence electrons. The van der Waals surface area contributed by atoms with Gasteiger partial charge in [-0.15, -0.1) is 0 Å². The number of urea groups is 1. The van der Waals surface area contributed by atoms with Crippen molar-refractivity contribution in [2.75, 3.05) is 11.9 Å². The van der Waals surface area contributed by atoms with Crippen LogP contribution < -0.4 is 15.4 Å². The summed E-state index contributed by atoms with van der Waals surface area (Å²) in [4.78, 5) is 12.1. The van der Waals surface area contributed by atoms with Gasteiger partial charge in [-0.1, -0.05) is 29.3 Å². The molecule has 2 N–H and O–H groups in total. The lowest BCUT2D eigenvalue weighted by Gasteiger charge is -2.19. The van der Waals surface area contributed by atoms with Crippen molar-refractivity contribution >= 4 is 23.3 Å². The third kappa shape index (κ3) is 4.89. The van der Waals surface area contributed by atoms with E-state index in [0.29, 0.717) is 17.3 Å². The van der Waals surface area contributed by atoms with Crippen LogP contribution in [0.4, 0.5) is 10.5 Å². The number of rotatable bonds is 5. The molecule has 0 radical (unpaired) electrons. The highest BCUT2D eigenvalue weighted by molar-refractivity contribution is 6.30. The molecule has 1 unspecified atom stereocenters. The van der Waals surface area contributed by atoms with Crippen LogP contribution in [0, 0.1) is 6.92 Å². The highest BCUT2D eigenvalue weighted by Gasteiger charge is 2.14. The molecule has 5 heteroatoms. The molecule has 0 fully saturated rings. The van der Waals surface area contributed by atoms with Crippen LogP contribution in [0.5, 0.6) is 5.75 Å². The van der Waals surface area contributed by atoms with E-state index in [0.717, 1.165) is 16.9 Å². The summed E-state index contributed by atoms with van der Waals surface area (Å²) in [6, 6.07) is 12.5. The summed E-state index contributed by atoms with van der Waals surface area (Å²) >= 11 is 5.83. The Morgan fingerprint density at radius 3 is 2.57 bits per heavy atom. The first-order valence-electron chi connectivity index (χ1n) is 7.56. The number of halogens is 1. The van der Waals surface area contributed by atoms with Crippen molar-refractivity contribution < 1.29 is 9.53 Å². The van der Waals surface area contributed by atoms with E-state index >= 15 is 0 Å². The summed E-state index contributed by atoms with van der Waals surface area (Å²) in [5.74, 6) is 0.789. The Balaban J connectivity index is 2.06. The van der Waals surface area contributed by atoms with Gasteiger partial charge in [-0.2, -0.15) is 0 Å². The topological polar surface area (TPSA) is 50.4 Å². The molecule has 2 amide bonds. The third-order valence-electron chi connectivity index (χ3n) is 3.38. The van der Waals surface area contributed by atoms with Gasteiger partial charge in [0.2, 0.25) is 0 Å². The molecular formula is C18H21ClN2O2. The molecule has 2 aromatic carbocycles. The first kappa shape index (κ1) is 17.2. The Labute approximate surface area is 141 Å². The lowest BCUT2D eigenvalue weighted by atomic mass is 10.0. The zero-order chi connectivity index (χ0) is 16.8. The zero-order valence-corrected chi connectivity index (χ0v) is 14.3. The van der Waals surface area contributed by atoms with Gasteiger partial charge in [0, 0.05) is 16.3 Å². The fraction of sp³-hybridized carbons (Fsp3) is 0.278. The highest BCUT2D eigenvalue weighted by atomic mass is 35.5. The number of carbonyl (C=O) groups is 1. The smallest absolute Gasteiger partial charge is 0.319 e. The third-order valence-corrected chi connectivity index (χ3v) is 3.63. The van der Waals surface area contributed by atoms with Gasteiger partial charge in [-0.3, -0.25) is 0 Å². The molecule has 0 aliphatic rings. The first-order valence-corrected chi connectivity index (χ1v) is 7.94. The Kier molecular flexibility index (Phi) is 5.88. The molecule has 0 aliphatic carbocycles. The van der Waals surface area contributed by atoms with Gasteiger partial charge in [-0.05, 0) is 51.1 Å². The fourth-order valence-electron chi connectivity index (χ4n) is 2.27. The van der Waals surface area contributed by atoms with E-state index in [-0.39, 0.29) is 12.1 Å². The lowest BCUT2D eigenvalue weighted by molar-refractivity contribution is 0.249. The van der Waals surface area contributed by atoms with E-state index in [1.54, 1.807) is 24.3 Å². The molecule has 2 aromatic rings. The molecule has 23 heavy (non-hydrogen) atoms. The van der Waals surface area contributed by atoms with Crippen molar-refractivity contribution in [1.29, 1.82) is 0 Å². The number of nitrogens with one attached hydrogen (secondary N) is 2. The van der Waals surface area contributed by atoms with Crippen molar-refractivity contribution in [3.05, 3.63) is 58.6 Å². The van der Waals surface area contributed by atoms with Crippen LogP contribution in [-0.2, 0) is 0 Å². The number of carbonyl (C=O) groups excluding carboxylic acids is 1.